The van der Waals surface area contributed by atoms with Crippen LogP contribution in [0.1, 0.15) is 32.6 Å². The Labute approximate surface area is 122 Å². The number of thioether (sulfide) groups is 1. The Kier molecular flexibility index (Phi) is 3.71. The van der Waals surface area contributed by atoms with E-state index in [2.05, 4.69) is 12.2 Å². The van der Waals surface area contributed by atoms with Crippen LogP contribution >= 0.6 is 11.8 Å². The Balaban J connectivity index is 1.72. The van der Waals surface area contributed by atoms with Crippen LogP contribution in [0.3, 0.4) is 0 Å². The van der Waals surface area contributed by atoms with Crippen LogP contribution in [0.2, 0.25) is 0 Å². The second-order valence-corrected chi connectivity index (χ2v) is 6.83. The molecule has 0 unspecified atom stereocenters. The molecule has 0 atom stereocenters. The minimum absolute atomic E-state index is 0.0377. The second kappa shape index (κ2) is 5.35. The number of nitrogens with zero attached hydrogens (tertiary/aromatic N) is 1. The topological polar surface area (TPSA) is 24.4 Å². The van der Waals surface area contributed by atoms with E-state index in [0.29, 0.717) is 5.69 Å². The molecular formula is C15H18F2N2S. The Morgan fingerprint density at radius 1 is 1.30 bits per heavy atom. The van der Waals surface area contributed by atoms with Gasteiger partial charge in [0.1, 0.15) is 11.6 Å². The molecule has 0 amide bonds. The molecule has 3 rings (SSSR count). The van der Waals surface area contributed by atoms with E-state index < -0.39 is 11.6 Å². The lowest BCUT2D eigenvalue weighted by Gasteiger charge is -2.32. The molecule has 0 radical (unpaired) electrons. The van der Waals surface area contributed by atoms with Gasteiger partial charge in [0.05, 0.1) is 11.2 Å². The van der Waals surface area contributed by atoms with Crippen molar-refractivity contribution < 1.29 is 8.78 Å². The maximum atomic E-state index is 13.6. The summed E-state index contributed by atoms with van der Waals surface area (Å²) in [5.41, 5.74) is 0.328. The normalized spacial score (nSPS) is 29.6. The van der Waals surface area contributed by atoms with E-state index in [-0.39, 0.29) is 5.54 Å². The van der Waals surface area contributed by atoms with Crippen molar-refractivity contribution in [1.82, 2.24) is 0 Å². The first-order chi connectivity index (χ1) is 9.56. The third-order valence-electron chi connectivity index (χ3n) is 4.19. The fraction of sp³-hybridized carbons (Fsp3) is 0.533. The van der Waals surface area contributed by atoms with Gasteiger partial charge in [0.2, 0.25) is 0 Å². The number of aliphatic imine (C=N–C) groups is 1. The number of amidine groups is 1. The maximum Gasteiger partial charge on any atom is 0.161 e. The highest BCUT2D eigenvalue weighted by atomic mass is 32.2. The van der Waals surface area contributed by atoms with E-state index in [1.54, 1.807) is 11.8 Å². The first-order valence-corrected chi connectivity index (χ1v) is 8.00. The zero-order chi connectivity index (χ0) is 14.2. The fourth-order valence-electron chi connectivity index (χ4n) is 2.81. The van der Waals surface area contributed by atoms with Crippen LogP contribution in [0.25, 0.3) is 0 Å². The van der Waals surface area contributed by atoms with Crippen LogP contribution in [0, 0.1) is 17.6 Å². The maximum absolute atomic E-state index is 13.6. The molecule has 1 aliphatic carbocycles. The number of benzene rings is 1. The molecule has 2 aliphatic rings. The zero-order valence-corrected chi connectivity index (χ0v) is 12.3. The van der Waals surface area contributed by atoms with E-state index >= 15 is 0 Å². The summed E-state index contributed by atoms with van der Waals surface area (Å²) in [6, 6.07) is 3.56. The third-order valence-corrected chi connectivity index (χ3v) is 5.34. The van der Waals surface area contributed by atoms with E-state index in [0.717, 1.165) is 35.7 Å². The second-order valence-electron chi connectivity index (χ2n) is 5.86. The lowest BCUT2D eigenvalue weighted by molar-refractivity contribution is 0.273. The molecule has 108 valence electrons. The van der Waals surface area contributed by atoms with Crippen molar-refractivity contribution in [2.24, 2.45) is 10.9 Å². The highest BCUT2D eigenvalue weighted by Gasteiger charge is 2.38. The summed E-state index contributed by atoms with van der Waals surface area (Å²) in [6.07, 6.45) is 4.64. The monoisotopic (exact) mass is 296 g/mol. The number of hydrogen-bond acceptors (Lipinski definition) is 3. The van der Waals surface area contributed by atoms with Crippen molar-refractivity contribution in [3.05, 3.63) is 29.8 Å². The molecule has 1 N–H and O–H groups in total. The predicted molar refractivity (Wildman–Crippen MR) is 80.2 cm³/mol. The lowest BCUT2D eigenvalue weighted by Crippen LogP contribution is -2.32. The van der Waals surface area contributed by atoms with Gasteiger partial charge in [-0.1, -0.05) is 18.7 Å². The lowest BCUT2D eigenvalue weighted by atomic mass is 9.79. The largest absolute Gasteiger partial charge is 0.333 e. The van der Waals surface area contributed by atoms with E-state index in [9.17, 15) is 8.78 Å². The minimum atomic E-state index is -0.577. The van der Waals surface area contributed by atoms with Crippen LogP contribution in [0.15, 0.2) is 23.2 Å². The number of nitrogens with one attached hydrogen (secondary N) is 1. The van der Waals surface area contributed by atoms with Crippen molar-refractivity contribution >= 4 is 22.6 Å². The molecular weight excluding hydrogens is 278 g/mol. The first kappa shape index (κ1) is 13.9. The van der Waals surface area contributed by atoms with E-state index in [1.807, 2.05) is 0 Å². The van der Waals surface area contributed by atoms with Gasteiger partial charge in [-0.15, -0.1) is 0 Å². The fourth-order valence-corrected chi connectivity index (χ4v) is 4.01. The van der Waals surface area contributed by atoms with Crippen LogP contribution in [0.5, 0.6) is 0 Å². The molecule has 1 aromatic carbocycles. The molecule has 1 fully saturated rings. The van der Waals surface area contributed by atoms with Crippen LogP contribution in [-0.4, -0.2) is 16.5 Å². The van der Waals surface area contributed by atoms with Gasteiger partial charge in [0.15, 0.2) is 5.17 Å². The van der Waals surface area contributed by atoms with Gasteiger partial charge in [-0.05, 0) is 43.7 Å². The standard InChI is InChI=1S/C15H18F2N2S/c1-10-4-6-15(7-5-10)9-20-14(19-15)18-13-3-2-11(16)8-12(13)17/h2-3,8,10H,4-7,9H2,1H3,(H,18,19). The summed E-state index contributed by atoms with van der Waals surface area (Å²) < 4.78 is 26.5. The molecule has 1 spiro atoms. The Hall–Kier alpha value is -1.10. The van der Waals surface area contributed by atoms with Crippen molar-refractivity contribution in [3.8, 4) is 0 Å². The molecule has 0 aromatic heterocycles. The zero-order valence-electron chi connectivity index (χ0n) is 11.5. The van der Waals surface area contributed by atoms with Crippen molar-refractivity contribution in [2.75, 3.05) is 11.1 Å². The number of rotatable bonds is 1. The average Bonchev–Trinajstić information content (AvgIpc) is 2.80. The molecule has 1 aromatic rings. The van der Waals surface area contributed by atoms with Crippen molar-refractivity contribution in [3.63, 3.8) is 0 Å². The molecule has 1 saturated carbocycles. The third kappa shape index (κ3) is 2.82. The molecule has 1 heterocycles. The predicted octanol–water partition coefficient (Wildman–Crippen LogP) is 4.43. The SMILES string of the molecule is CC1CCC2(CC1)CSC(Nc1ccc(F)cc1F)=N2. The Bertz CT molecular complexity index is 537. The Morgan fingerprint density at radius 2 is 2.05 bits per heavy atom. The summed E-state index contributed by atoms with van der Waals surface area (Å²) in [4.78, 5) is 4.78. The van der Waals surface area contributed by atoms with Crippen molar-refractivity contribution in [1.29, 1.82) is 0 Å². The number of anilines is 1. The van der Waals surface area contributed by atoms with E-state index in [1.165, 1.54) is 25.0 Å². The highest BCUT2D eigenvalue weighted by Crippen LogP contribution is 2.41. The van der Waals surface area contributed by atoms with Gasteiger partial charge >= 0.3 is 0 Å². The van der Waals surface area contributed by atoms with E-state index in [4.69, 9.17) is 4.99 Å². The summed E-state index contributed by atoms with van der Waals surface area (Å²) in [5, 5.41) is 3.75. The average molecular weight is 296 g/mol. The molecule has 1 aliphatic heterocycles. The van der Waals surface area contributed by atoms with Crippen LogP contribution in [-0.2, 0) is 0 Å². The van der Waals surface area contributed by atoms with Crippen molar-refractivity contribution in [2.45, 2.75) is 38.1 Å². The summed E-state index contributed by atoms with van der Waals surface area (Å²) in [7, 11) is 0. The van der Waals surface area contributed by atoms with Crippen LogP contribution in [0.4, 0.5) is 14.5 Å². The van der Waals surface area contributed by atoms with Gasteiger partial charge in [-0.2, -0.15) is 0 Å². The van der Waals surface area contributed by atoms with Gasteiger partial charge in [-0.3, -0.25) is 4.99 Å². The quantitative estimate of drug-likeness (QED) is 0.829. The minimum Gasteiger partial charge on any atom is -0.333 e. The molecule has 20 heavy (non-hydrogen) atoms. The first-order valence-electron chi connectivity index (χ1n) is 7.01. The summed E-state index contributed by atoms with van der Waals surface area (Å²) >= 11 is 1.64. The van der Waals surface area contributed by atoms with Gasteiger partial charge in [-0.25, -0.2) is 8.78 Å². The van der Waals surface area contributed by atoms with Gasteiger partial charge < -0.3 is 5.32 Å². The highest BCUT2D eigenvalue weighted by molar-refractivity contribution is 8.14. The molecule has 0 saturated heterocycles. The smallest absolute Gasteiger partial charge is 0.161 e. The molecule has 2 nitrogen and oxygen atoms in total. The van der Waals surface area contributed by atoms with Crippen LogP contribution < -0.4 is 5.32 Å². The molecule has 0 bridgehead atoms. The Morgan fingerprint density at radius 3 is 2.75 bits per heavy atom. The van der Waals surface area contributed by atoms with Gasteiger partial charge in [0.25, 0.3) is 0 Å². The summed E-state index contributed by atoms with van der Waals surface area (Å²) in [5.74, 6) is 0.607. The molecule has 5 heteroatoms. The number of halogens is 2. The summed E-state index contributed by atoms with van der Waals surface area (Å²) in [6.45, 7) is 2.28. The number of hydrogen-bond donors (Lipinski definition) is 1. The van der Waals surface area contributed by atoms with Gasteiger partial charge in [0, 0.05) is 11.8 Å².